The van der Waals surface area contributed by atoms with Gasteiger partial charge >= 0.3 is 0 Å². The third-order valence-electron chi connectivity index (χ3n) is 3.91. The molecule has 100 valence electrons. The van der Waals surface area contributed by atoms with Gasteiger partial charge < -0.3 is 10.6 Å². The molecular weight excluding hydrogens is 244 g/mol. The van der Waals surface area contributed by atoms with Crippen LogP contribution in [0.3, 0.4) is 0 Å². The predicted molar refractivity (Wildman–Crippen MR) is 79.3 cm³/mol. The molecule has 0 saturated heterocycles. The molecule has 0 aromatic heterocycles. The second-order valence-electron chi connectivity index (χ2n) is 5.22. The highest BCUT2D eigenvalue weighted by molar-refractivity contribution is 6.33. The van der Waals surface area contributed by atoms with E-state index in [0.29, 0.717) is 6.04 Å². The van der Waals surface area contributed by atoms with E-state index >= 15 is 0 Å². The Balaban J connectivity index is 2.25. The van der Waals surface area contributed by atoms with Crippen LogP contribution in [0.1, 0.15) is 51.1 Å². The van der Waals surface area contributed by atoms with E-state index in [9.17, 15) is 0 Å². The fourth-order valence-corrected chi connectivity index (χ4v) is 3.18. The van der Waals surface area contributed by atoms with Gasteiger partial charge in [0.05, 0.1) is 10.7 Å². The minimum atomic E-state index is 0.0399. The molecule has 0 amide bonds. The lowest BCUT2D eigenvalue weighted by molar-refractivity contribution is 0.620. The Bertz CT molecular complexity index is 397. The van der Waals surface area contributed by atoms with Crippen molar-refractivity contribution in [2.75, 3.05) is 11.4 Å². The Hall–Kier alpha value is -0.730. The lowest BCUT2D eigenvalue weighted by atomic mass is 10.1. The lowest BCUT2D eigenvalue weighted by Crippen LogP contribution is -2.33. The largest absolute Gasteiger partial charge is 0.368 e. The average molecular weight is 267 g/mol. The van der Waals surface area contributed by atoms with Crippen molar-refractivity contribution in [3.63, 3.8) is 0 Å². The van der Waals surface area contributed by atoms with Gasteiger partial charge in [-0.2, -0.15) is 0 Å². The molecule has 1 fully saturated rings. The zero-order valence-corrected chi connectivity index (χ0v) is 12.1. The summed E-state index contributed by atoms with van der Waals surface area (Å²) < 4.78 is 0. The third kappa shape index (κ3) is 2.81. The molecule has 1 aliphatic rings. The van der Waals surface area contributed by atoms with Crippen LogP contribution in [-0.4, -0.2) is 12.6 Å². The van der Waals surface area contributed by atoms with Gasteiger partial charge in [0.1, 0.15) is 0 Å². The standard InChI is InChI=1S/C15H23ClN2/c1-3-18(13-6-4-5-7-13)15-9-8-12(11(2)17)10-14(15)16/h8-11,13H,3-7,17H2,1-2H3/t11-/m0/s1. The molecule has 0 bridgehead atoms. The molecule has 2 rings (SSSR count). The molecule has 1 aromatic carbocycles. The van der Waals surface area contributed by atoms with E-state index in [1.54, 1.807) is 0 Å². The minimum absolute atomic E-state index is 0.0399. The summed E-state index contributed by atoms with van der Waals surface area (Å²) in [6.45, 7) is 5.20. The quantitative estimate of drug-likeness (QED) is 0.888. The van der Waals surface area contributed by atoms with Gasteiger partial charge in [-0.05, 0) is 44.4 Å². The number of hydrogen-bond donors (Lipinski definition) is 1. The minimum Gasteiger partial charge on any atom is -0.368 e. The topological polar surface area (TPSA) is 29.3 Å². The van der Waals surface area contributed by atoms with E-state index in [0.717, 1.165) is 22.8 Å². The van der Waals surface area contributed by atoms with E-state index in [1.165, 1.54) is 25.7 Å². The summed E-state index contributed by atoms with van der Waals surface area (Å²) >= 11 is 6.43. The van der Waals surface area contributed by atoms with Crippen LogP contribution in [0.15, 0.2) is 18.2 Å². The zero-order chi connectivity index (χ0) is 13.1. The smallest absolute Gasteiger partial charge is 0.0642 e. The highest BCUT2D eigenvalue weighted by atomic mass is 35.5. The molecule has 0 aliphatic heterocycles. The van der Waals surface area contributed by atoms with Crippen LogP contribution in [0.4, 0.5) is 5.69 Å². The van der Waals surface area contributed by atoms with Crippen molar-refractivity contribution in [1.82, 2.24) is 0 Å². The van der Waals surface area contributed by atoms with Gasteiger partial charge in [0.15, 0.2) is 0 Å². The Labute approximate surface area is 115 Å². The maximum Gasteiger partial charge on any atom is 0.0642 e. The van der Waals surface area contributed by atoms with Gasteiger partial charge in [0.25, 0.3) is 0 Å². The van der Waals surface area contributed by atoms with Gasteiger partial charge in [-0.1, -0.05) is 30.5 Å². The number of halogens is 1. The SMILES string of the molecule is CCN(c1ccc([C@H](C)N)cc1Cl)C1CCCC1. The summed E-state index contributed by atoms with van der Waals surface area (Å²) in [5.41, 5.74) is 8.16. The van der Waals surface area contributed by atoms with Crippen molar-refractivity contribution in [3.05, 3.63) is 28.8 Å². The molecule has 0 spiro atoms. The van der Waals surface area contributed by atoms with Gasteiger partial charge in [0, 0.05) is 18.6 Å². The van der Waals surface area contributed by atoms with Crippen molar-refractivity contribution >= 4 is 17.3 Å². The van der Waals surface area contributed by atoms with E-state index in [-0.39, 0.29) is 6.04 Å². The Morgan fingerprint density at radius 1 is 1.39 bits per heavy atom. The molecule has 1 saturated carbocycles. The monoisotopic (exact) mass is 266 g/mol. The van der Waals surface area contributed by atoms with Crippen LogP contribution in [-0.2, 0) is 0 Å². The van der Waals surface area contributed by atoms with Gasteiger partial charge in [-0.25, -0.2) is 0 Å². The van der Waals surface area contributed by atoms with Crippen LogP contribution in [0.2, 0.25) is 5.02 Å². The summed E-state index contributed by atoms with van der Waals surface area (Å²) in [6, 6.07) is 6.94. The number of benzene rings is 1. The number of rotatable bonds is 4. The number of hydrogen-bond acceptors (Lipinski definition) is 2. The highest BCUT2D eigenvalue weighted by Crippen LogP contribution is 2.34. The molecule has 0 unspecified atom stereocenters. The van der Waals surface area contributed by atoms with Crippen LogP contribution >= 0.6 is 11.6 Å². The number of anilines is 1. The molecule has 1 atom stereocenters. The molecule has 18 heavy (non-hydrogen) atoms. The van der Waals surface area contributed by atoms with Crippen molar-refractivity contribution < 1.29 is 0 Å². The fraction of sp³-hybridized carbons (Fsp3) is 0.600. The second kappa shape index (κ2) is 5.94. The summed E-state index contributed by atoms with van der Waals surface area (Å²) in [5, 5.41) is 0.832. The second-order valence-corrected chi connectivity index (χ2v) is 5.63. The van der Waals surface area contributed by atoms with Crippen LogP contribution in [0, 0.1) is 0 Å². The van der Waals surface area contributed by atoms with Crippen LogP contribution in [0.25, 0.3) is 0 Å². The normalized spacial score (nSPS) is 18.0. The predicted octanol–water partition coefficient (Wildman–Crippen LogP) is 4.13. The number of nitrogens with two attached hydrogens (primary N) is 1. The van der Waals surface area contributed by atoms with Crippen molar-refractivity contribution in [1.29, 1.82) is 0 Å². The van der Waals surface area contributed by atoms with E-state index in [2.05, 4.69) is 24.0 Å². The maximum atomic E-state index is 6.43. The molecular formula is C15H23ClN2. The first-order valence-corrected chi connectivity index (χ1v) is 7.33. The van der Waals surface area contributed by atoms with E-state index in [1.807, 2.05) is 13.0 Å². The summed E-state index contributed by atoms with van der Waals surface area (Å²) in [4.78, 5) is 2.44. The first-order chi connectivity index (χ1) is 8.63. The molecule has 1 aliphatic carbocycles. The van der Waals surface area contributed by atoms with Gasteiger partial charge in [-0.3, -0.25) is 0 Å². The van der Waals surface area contributed by atoms with Crippen molar-refractivity contribution in [2.45, 2.75) is 51.6 Å². The fourth-order valence-electron chi connectivity index (χ4n) is 2.88. The summed E-state index contributed by atoms with van der Waals surface area (Å²) in [6.07, 6.45) is 5.27. The molecule has 3 heteroatoms. The third-order valence-corrected chi connectivity index (χ3v) is 4.22. The summed E-state index contributed by atoms with van der Waals surface area (Å²) in [5.74, 6) is 0. The van der Waals surface area contributed by atoms with E-state index < -0.39 is 0 Å². The lowest BCUT2D eigenvalue weighted by Gasteiger charge is -2.31. The molecule has 2 N–H and O–H groups in total. The first-order valence-electron chi connectivity index (χ1n) is 6.95. The van der Waals surface area contributed by atoms with Crippen LogP contribution < -0.4 is 10.6 Å². The van der Waals surface area contributed by atoms with Crippen LogP contribution in [0.5, 0.6) is 0 Å². The van der Waals surface area contributed by atoms with Crippen molar-refractivity contribution in [3.8, 4) is 0 Å². The zero-order valence-electron chi connectivity index (χ0n) is 11.3. The Morgan fingerprint density at radius 2 is 2.06 bits per heavy atom. The first kappa shape index (κ1) is 13.7. The molecule has 0 heterocycles. The Kier molecular flexibility index (Phi) is 4.52. The maximum absolute atomic E-state index is 6.43. The van der Waals surface area contributed by atoms with Gasteiger partial charge in [0.2, 0.25) is 0 Å². The number of nitrogens with zero attached hydrogens (tertiary/aromatic N) is 1. The highest BCUT2D eigenvalue weighted by Gasteiger charge is 2.23. The van der Waals surface area contributed by atoms with Gasteiger partial charge in [-0.15, -0.1) is 0 Å². The van der Waals surface area contributed by atoms with E-state index in [4.69, 9.17) is 17.3 Å². The van der Waals surface area contributed by atoms with Crippen molar-refractivity contribution in [2.24, 2.45) is 5.73 Å². The molecule has 2 nitrogen and oxygen atoms in total. The average Bonchev–Trinajstić information content (AvgIpc) is 2.85. The molecule has 1 aromatic rings. The Morgan fingerprint density at radius 3 is 2.56 bits per heavy atom. The summed E-state index contributed by atoms with van der Waals surface area (Å²) in [7, 11) is 0. The molecule has 0 radical (unpaired) electrons.